The molecule has 0 amide bonds. The summed E-state index contributed by atoms with van der Waals surface area (Å²) in [5.74, 6) is 1.80. The monoisotopic (exact) mass is 349 g/mol. The molecule has 2 aromatic carbocycles. The van der Waals surface area contributed by atoms with Gasteiger partial charge < -0.3 is 0 Å². The highest BCUT2D eigenvalue weighted by Gasteiger charge is 2.32. The zero-order valence-electron chi connectivity index (χ0n) is 15.7. The standard InChI is InChI=1S/C23H26FN2/c1-15-14-17(24)9-10-18(15)23-25(2)21-12-11-19(16-6-3-4-7-16)20-8-5-13-26(23)22(20)21/h9-12,14,16H,3-8,13H2,1-2H3/q+1. The van der Waals surface area contributed by atoms with Crippen molar-refractivity contribution in [3.8, 4) is 11.4 Å². The molecule has 3 heteroatoms. The molecule has 0 atom stereocenters. The van der Waals surface area contributed by atoms with E-state index in [0.717, 1.165) is 23.6 Å². The number of aryl methyl sites for hydroxylation is 4. The molecule has 0 unspecified atom stereocenters. The molecule has 1 aliphatic carbocycles. The summed E-state index contributed by atoms with van der Waals surface area (Å²) in [5.41, 5.74) is 8.03. The number of hydrogen-bond acceptors (Lipinski definition) is 0. The van der Waals surface area contributed by atoms with Crippen molar-refractivity contribution in [3.63, 3.8) is 0 Å². The first-order valence-electron chi connectivity index (χ1n) is 9.95. The van der Waals surface area contributed by atoms with Gasteiger partial charge in [-0.25, -0.2) is 13.5 Å². The Kier molecular flexibility index (Phi) is 3.66. The molecule has 2 heterocycles. The fourth-order valence-corrected chi connectivity index (χ4v) is 5.33. The van der Waals surface area contributed by atoms with E-state index in [0.29, 0.717) is 0 Å². The van der Waals surface area contributed by atoms with E-state index in [9.17, 15) is 4.39 Å². The Bertz CT molecular complexity index is 1010. The molecule has 2 aliphatic rings. The number of halogens is 1. The lowest BCUT2D eigenvalue weighted by Gasteiger charge is -2.18. The van der Waals surface area contributed by atoms with E-state index in [2.05, 4.69) is 28.3 Å². The first kappa shape index (κ1) is 16.0. The predicted molar refractivity (Wildman–Crippen MR) is 103 cm³/mol. The maximum absolute atomic E-state index is 13.6. The molecule has 2 nitrogen and oxygen atoms in total. The average Bonchev–Trinajstić information content (AvgIpc) is 3.25. The van der Waals surface area contributed by atoms with Gasteiger partial charge in [0.25, 0.3) is 5.82 Å². The van der Waals surface area contributed by atoms with E-state index in [1.807, 2.05) is 13.0 Å². The van der Waals surface area contributed by atoms with Gasteiger partial charge in [-0.05, 0) is 73.9 Å². The van der Waals surface area contributed by atoms with Crippen molar-refractivity contribution in [1.82, 2.24) is 4.57 Å². The Balaban J connectivity index is 1.79. The minimum absolute atomic E-state index is 0.159. The lowest BCUT2D eigenvalue weighted by molar-refractivity contribution is -0.664. The Morgan fingerprint density at radius 3 is 2.65 bits per heavy atom. The maximum atomic E-state index is 13.6. The van der Waals surface area contributed by atoms with E-state index in [-0.39, 0.29) is 5.82 Å². The molecule has 0 N–H and O–H groups in total. The van der Waals surface area contributed by atoms with Gasteiger partial charge in [-0.2, -0.15) is 0 Å². The summed E-state index contributed by atoms with van der Waals surface area (Å²) in [4.78, 5) is 0. The van der Waals surface area contributed by atoms with Gasteiger partial charge in [-0.1, -0.05) is 18.9 Å². The molecule has 26 heavy (non-hydrogen) atoms. The molecule has 0 spiro atoms. The Hall–Kier alpha value is -2.16. The molecular formula is C23H26FN2+. The summed E-state index contributed by atoms with van der Waals surface area (Å²) in [6.45, 7) is 3.06. The van der Waals surface area contributed by atoms with Gasteiger partial charge in [0.2, 0.25) is 0 Å². The van der Waals surface area contributed by atoms with Gasteiger partial charge in [0, 0.05) is 5.56 Å². The van der Waals surface area contributed by atoms with Crippen molar-refractivity contribution in [2.75, 3.05) is 0 Å². The molecule has 5 rings (SSSR count). The van der Waals surface area contributed by atoms with Crippen LogP contribution in [0.1, 0.15) is 54.7 Å². The zero-order chi connectivity index (χ0) is 17.8. The fraction of sp³-hybridized carbons (Fsp3) is 0.435. The van der Waals surface area contributed by atoms with Crippen LogP contribution in [0.3, 0.4) is 0 Å². The number of benzene rings is 2. The molecule has 3 aromatic rings. The summed E-state index contributed by atoms with van der Waals surface area (Å²) >= 11 is 0. The van der Waals surface area contributed by atoms with E-state index in [1.54, 1.807) is 23.3 Å². The second-order valence-electron chi connectivity index (χ2n) is 8.08. The van der Waals surface area contributed by atoms with Crippen LogP contribution in [-0.2, 0) is 20.0 Å². The van der Waals surface area contributed by atoms with Crippen LogP contribution in [0, 0.1) is 12.7 Å². The number of imidazole rings is 1. The van der Waals surface area contributed by atoms with E-state index >= 15 is 0 Å². The second kappa shape index (κ2) is 5.94. The Morgan fingerprint density at radius 1 is 1.08 bits per heavy atom. The molecule has 1 aromatic heterocycles. The molecular weight excluding hydrogens is 323 g/mol. The lowest BCUT2D eigenvalue weighted by Crippen LogP contribution is -2.39. The normalized spacial score (nSPS) is 17.3. The van der Waals surface area contributed by atoms with Gasteiger partial charge in [0.05, 0.1) is 19.2 Å². The van der Waals surface area contributed by atoms with Gasteiger partial charge in [-0.3, -0.25) is 0 Å². The molecule has 0 radical (unpaired) electrons. The van der Waals surface area contributed by atoms with Crippen molar-refractivity contribution >= 4 is 11.0 Å². The van der Waals surface area contributed by atoms with Gasteiger partial charge >= 0.3 is 0 Å². The third-order valence-electron chi connectivity index (χ3n) is 6.54. The van der Waals surface area contributed by atoms with Crippen LogP contribution in [0.25, 0.3) is 22.4 Å². The van der Waals surface area contributed by atoms with E-state index in [1.165, 1.54) is 55.4 Å². The van der Waals surface area contributed by atoms with Crippen molar-refractivity contribution < 1.29 is 8.96 Å². The van der Waals surface area contributed by atoms with E-state index in [4.69, 9.17) is 0 Å². The number of rotatable bonds is 2. The van der Waals surface area contributed by atoms with Crippen LogP contribution in [0.5, 0.6) is 0 Å². The van der Waals surface area contributed by atoms with Crippen LogP contribution >= 0.6 is 0 Å². The van der Waals surface area contributed by atoms with Crippen LogP contribution in [0.15, 0.2) is 30.3 Å². The first-order valence-corrected chi connectivity index (χ1v) is 9.95. The molecule has 1 fully saturated rings. The minimum atomic E-state index is -0.159. The first-order chi connectivity index (χ1) is 12.6. The molecule has 0 saturated heterocycles. The highest BCUT2D eigenvalue weighted by atomic mass is 19.1. The van der Waals surface area contributed by atoms with Gasteiger partial charge in [0.15, 0.2) is 11.0 Å². The number of aromatic nitrogens is 2. The quantitative estimate of drug-likeness (QED) is 0.563. The fourth-order valence-electron chi connectivity index (χ4n) is 5.33. The molecule has 0 bridgehead atoms. The SMILES string of the molecule is Cc1cc(F)ccc1-c1n(C)c2ccc(C3CCCC3)c3c2[n+]1CCC3. The topological polar surface area (TPSA) is 8.81 Å². The largest absolute Gasteiger partial charge is 0.289 e. The number of hydrogen-bond donors (Lipinski definition) is 0. The predicted octanol–water partition coefficient (Wildman–Crippen LogP) is 5.18. The smallest absolute Gasteiger partial charge is 0.226 e. The van der Waals surface area contributed by atoms with Crippen molar-refractivity contribution in [2.45, 2.75) is 57.9 Å². The minimum Gasteiger partial charge on any atom is -0.226 e. The highest BCUT2D eigenvalue weighted by Crippen LogP contribution is 2.40. The second-order valence-corrected chi connectivity index (χ2v) is 8.08. The van der Waals surface area contributed by atoms with Crippen LogP contribution < -0.4 is 4.57 Å². The Morgan fingerprint density at radius 2 is 1.88 bits per heavy atom. The lowest BCUT2D eigenvalue weighted by atomic mass is 9.88. The third-order valence-corrected chi connectivity index (χ3v) is 6.54. The van der Waals surface area contributed by atoms with Crippen LogP contribution in [0.2, 0.25) is 0 Å². The highest BCUT2D eigenvalue weighted by molar-refractivity contribution is 5.81. The maximum Gasteiger partial charge on any atom is 0.289 e. The third kappa shape index (κ3) is 2.26. The average molecular weight is 349 g/mol. The zero-order valence-corrected chi connectivity index (χ0v) is 15.7. The summed E-state index contributed by atoms with van der Waals surface area (Å²) in [7, 11) is 2.15. The van der Waals surface area contributed by atoms with Crippen LogP contribution in [0.4, 0.5) is 4.39 Å². The summed E-state index contributed by atoms with van der Waals surface area (Å²) < 4.78 is 18.4. The van der Waals surface area contributed by atoms with Gasteiger partial charge in [-0.15, -0.1) is 0 Å². The summed E-state index contributed by atoms with van der Waals surface area (Å²) in [6.07, 6.45) is 7.81. The molecule has 1 aliphatic heterocycles. The van der Waals surface area contributed by atoms with Gasteiger partial charge in [0.1, 0.15) is 5.82 Å². The Labute approximate surface area is 154 Å². The van der Waals surface area contributed by atoms with Crippen molar-refractivity contribution in [2.24, 2.45) is 7.05 Å². The van der Waals surface area contributed by atoms with Crippen LogP contribution in [-0.4, -0.2) is 4.57 Å². The molecule has 134 valence electrons. The molecule has 1 saturated carbocycles. The summed E-state index contributed by atoms with van der Waals surface area (Å²) in [5, 5.41) is 0. The number of nitrogens with zero attached hydrogens (tertiary/aromatic N) is 2. The summed E-state index contributed by atoms with van der Waals surface area (Å²) in [6, 6.07) is 9.88. The van der Waals surface area contributed by atoms with E-state index < -0.39 is 0 Å². The van der Waals surface area contributed by atoms with Crippen molar-refractivity contribution in [3.05, 3.63) is 52.8 Å². The van der Waals surface area contributed by atoms with Crippen molar-refractivity contribution in [1.29, 1.82) is 0 Å².